The van der Waals surface area contributed by atoms with Crippen LogP contribution in [-0.2, 0) is 17.8 Å². The molecule has 28 heavy (non-hydrogen) atoms. The van der Waals surface area contributed by atoms with Crippen LogP contribution in [0.3, 0.4) is 0 Å². The summed E-state index contributed by atoms with van der Waals surface area (Å²) in [5, 5.41) is 0. The van der Waals surface area contributed by atoms with Gasteiger partial charge >= 0.3 is 0 Å². The smallest absolute Gasteiger partial charge is 0.276 e. The Morgan fingerprint density at radius 1 is 1.29 bits per heavy atom. The van der Waals surface area contributed by atoms with E-state index in [2.05, 4.69) is 4.98 Å². The topological polar surface area (TPSA) is 66.7 Å². The molecule has 4 rings (SSSR count). The van der Waals surface area contributed by atoms with Crippen molar-refractivity contribution >= 4 is 11.8 Å². The molecule has 2 aromatic rings. The number of aromatic nitrogens is 1. The van der Waals surface area contributed by atoms with Crippen molar-refractivity contribution in [2.75, 3.05) is 19.6 Å². The number of piperidine rings is 1. The molecular formula is C21H24FN3O3. The highest BCUT2D eigenvalue weighted by molar-refractivity contribution is 5.94. The van der Waals surface area contributed by atoms with Gasteiger partial charge in [-0.1, -0.05) is 25.1 Å². The summed E-state index contributed by atoms with van der Waals surface area (Å²) in [7, 11) is 0. The van der Waals surface area contributed by atoms with Crippen molar-refractivity contribution < 1.29 is 18.4 Å². The number of carbonyl (C=O) groups excluding carboxylic acids is 2. The number of hydrogen-bond donors (Lipinski definition) is 0. The lowest BCUT2D eigenvalue weighted by Gasteiger charge is -2.39. The first-order valence-corrected chi connectivity index (χ1v) is 9.78. The molecule has 0 N–H and O–H groups in total. The summed E-state index contributed by atoms with van der Waals surface area (Å²) < 4.78 is 19.3. The van der Waals surface area contributed by atoms with Gasteiger partial charge in [-0.15, -0.1) is 0 Å². The van der Waals surface area contributed by atoms with Gasteiger partial charge in [0.1, 0.15) is 11.6 Å². The maximum Gasteiger partial charge on any atom is 0.276 e. The Balaban J connectivity index is 1.50. The summed E-state index contributed by atoms with van der Waals surface area (Å²) in [5.74, 6) is 0.119. The Hall–Kier alpha value is -2.70. The molecule has 0 radical (unpaired) electrons. The van der Waals surface area contributed by atoms with E-state index in [0.717, 1.165) is 12.8 Å². The summed E-state index contributed by atoms with van der Waals surface area (Å²) in [6.45, 7) is 3.70. The van der Waals surface area contributed by atoms with Gasteiger partial charge in [-0.05, 0) is 25.3 Å². The van der Waals surface area contributed by atoms with E-state index in [-0.39, 0.29) is 24.2 Å². The second kappa shape index (κ2) is 7.37. The summed E-state index contributed by atoms with van der Waals surface area (Å²) in [5.41, 5.74) is 0.287. The van der Waals surface area contributed by atoms with Crippen molar-refractivity contribution in [1.82, 2.24) is 14.8 Å². The molecule has 2 amide bonds. The van der Waals surface area contributed by atoms with E-state index in [1.165, 1.54) is 12.5 Å². The van der Waals surface area contributed by atoms with E-state index in [1.54, 1.807) is 28.0 Å². The number of amides is 2. The maximum absolute atomic E-state index is 14.0. The van der Waals surface area contributed by atoms with Gasteiger partial charge in [-0.3, -0.25) is 9.59 Å². The molecule has 148 valence electrons. The Morgan fingerprint density at radius 3 is 2.89 bits per heavy atom. The highest BCUT2D eigenvalue weighted by atomic mass is 19.1. The molecule has 1 atom stereocenters. The van der Waals surface area contributed by atoms with Crippen LogP contribution in [0, 0.1) is 11.2 Å². The summed E-state index contributed by atoms with van der Waals surface area (Å²) in [6.07, 6.45) is 4.12. The van der Waals surface area contributed by atoms with E-state index < -0.39 is 5.41 Å². The molecule has 3 heterocycles. The lowest BCUT2D eigenvalue weighted by atomic mass is 9.78. The molecule has 0 saturated carbocycles. The fourth-order valence-corrected chi connectivity index (χ4v) is 4.41. The van der Waals surface area contributed by atoms with Gasteiger partial charge in [0.25, 0.3) is 5.91 Å². The molecule has 2 aliphatic heterocycles. The second-order valence-corrected chi connectivity index (χ2v) is 7.66. The van der Waals surface area contributed by atoms with Crippen molar-refractivity contribution in [3.8, 4) is 0 Å². The van der Waals surface area contributed by atoms with Gasteiger partial charge < -0.3 is 14.2 Å². The van der Waals surface area contributed by atoms with Crippen molar-refractivity contribution in [3.05, 3.63) is 53.5 Å². The number of aryl methyl sites for hydroxylation is 1. The zero-order chi connectivity index (χ0) is 19.7. The largest absolute Gasteiger partial charge is 0.448 e. The molecule has 1 spiro atoms. The van der Waals surface area contributed by atoms with Crippen molar-refractivity contribution in [2.45, 2.75) is 39.2 Å². The van der Waals surface area contributed by atoms with Crippen LogP contribution in [0.2, 0.25) is 0 Å². The first kappa shape index (κ1) is 18.7. The number of rotatable bonds is 4. The minimum absolute atomic E-state index is 0.0215. The molecule has 1 aromatic heterocycles. The van der Waals surface area contributed by atoms with Crippen LogP contribution < -0.4 is 0 Å². The lowest BCUT2D eigenvalue weighted by molar-refractivity contribution is -0.146. The zero-order valence-electron chi connectivity index (χ0n) is 16.0. The number of benzene rings is 1. The first-order chi connectivity index (χ1) is 13.5. The van der Waals surface area contributed by atoms with Crippen LogP contribution in [0.5, 0.6) is 0 Å². The highest BCUT2D eigenvalue weighted by Gasteiger charge is 2.49. The molecule has 2 fully saturated rings. The molecular weight excluding hydrogens is 361 g/mol. The average Bonchev–Trinajstić information content (AvgIpc) is 3.34. The molecule has 1 aromatic carbocycles. The fourth-order valence-electron chi connectivity index (χ4n) is 4.41. The van der Waals surface area contributed by atoms with Crippen molar-refractivity contribution in [2.24, 2.45) is 5.41 Å². The number of hydrogen-bond acceptors (Lipinski definition) is 4. The first-order valence-electron chi connectivity index (χ1n) is 9.78. The zero-order valence-corrected chi connectivity index (χ0v) is 16.0. The number of nitrogens with zero attached hydrogens (tertiary/aromatic N) is 3. The number of likely N-dealkylation sites (tertiary alicyclic amines) is 2. The quantitative estimate of drug-likeness (QED) is 0.811. The third-order valence-corrected chi connectivity index (χ3v) is 5.95. The number of oxazole rings is 1. The van der Waals surface area contributed by atoms with Crippen LogP contribution in [0.1, 0.15) is 48.0 Å². The molecule has 2 aliphatic rings. The predicted molar refractivity (Wildman–Crippen MR) is 99.9 cm³/mol. The number of halogens is 1. The summed E-state index contributed by atoms with van der Waals surface area (Å²) in [6, 6.07) is 6.55. The summed E-state index contributed by atoms with van der Waals surface area (Å²) >= 11 is 0. The molecule has 0 aliphatic carbocycles. The lowest BCUT2D eigenvalue weighted by Crippen LogP contribution is -2.50. The van der Waals surface area contributed by atoms with E-state index in [9.17, 15) is 14.0 Å². The normalized spacial score (nSPS) is 22.3. The Morgan fingerprint density at radius 2 is 2.11 bits per heavy atom. The van der Waals surface area contributed by atoms with Crippen LogP contribution in [0.4, 0.5) is 4.39 Å². The average molecular weight is 385 g/mol. The third-order valence-electron chi connectivity index (χ3n) is 5.95. The molecule has 6 nitrogen and oxygen atoms in total. The van der Waals surface area contributed by atoms with Crippen LogP contribution in [0.25, 0.3) is 0 Å². The summed E-state index contributed by atoms with van der Waals surface area (Å²) in [4.78, 5) is 33.7. The van der Waals surface area contributed by atoms with E-state index in [0.29, 0.717) is 49.5 Å². The van der Waals surface area contributed by atoms with E-state index >= 15 is 0 Å². The molecule has 2 saturated heterocycles. The molecule has 0 unspecified atom stereocenters. The Labute approximate surface area is 163 Å². The second-order valence-electron chi connectivity index (χ2n) is 7.66. The predicted octanol–water partition coefficient (Wildman–Crippen LogP) is 3.03. The Kier molecular flexibility index (Phi) is 4.91. The van der Waals surface area contributed by atoms with Crippen LogP contribution >= 0.6 is 0 Å². The maximum atomic E-state index is 14.0. The monoisotopic (exact) mass is 385 g/mol. The van der Waals surface area contributed by atoms with Crippen molar-refractivity contribution in [1.29, 1.82) is 0 Å². The highest BCUT2D eigenvalue weighted by Crippen LogP contribution is 2.41. The van der Waals surface area contributed by atoms with Crippen molar-refractivity contribution in [3.63, 3.8) is 0 Å². The van der Waals surface area contributed by atoms with E-state index in [4.69, 9.17) is 4.42 Å². The van der Waals surface area contributed by atoms with Gasteiger partial charge in [0.2, 0.25) is 5.91 Å². The van der Waals surface area contributed by atoms with Gasteiger partial charge in [-0.25, -0.2) is 9.37 Å². The standard InChI is InChI=1S/C21H24FN3O3/c1-2-17-18(23-14-28-17)19(26)25-11-9-21(13-25)8-5-10-24(20(21)27)12-15-6-3-4-7-16(15)22/h3-4,6-7,14H,2,5,8-13H2,1H3/t21-/m0/s1. The van der Waals surface area contributed by atoms with Gasteiger partial charge in [0.05, 0.1) is 5.41 Å². The van der Waals surface area contributed by atoms with Crippen LogP contribution in [-0.4, -0.2) is 46.2 Å². The third kappa shape index (κ3) is 3.19. The van der Waals surface area contributed by atoms with Gasteiger partial charge in [0, 0.05) is 38.2 Å². The minimum atomic E-state index is -0.574. The van der Waals surface area contributed by atoms with Crippen LogP contribution in [0.15, 0.2) is 35.1 Å². The molecule has 0 bridgehead atoms. The Bertz CT molecular complexity index is 897. The van der Waals surface area contributed by atoms with Gasteiger partial charge in [0.15, 0.2) is 12.1 Å². The van der Waals surface area contributed by atoms with E-state index in [1.807, 2.05) is 6.92 Å². The SMILES string of the molecule is CCc1ocnc1C(=O)N1CC[C@@]2(CCCN(Cc3ccccc3F)C2=O)C1. The van der Waals surface area contributed by atoms with Gasteiger partial charge in [-0.2, -0.15) is 0 Å². The molecule has 7 heteroatoms. The number of carbonyl (C=O) groups is 2. The fraction of sp³-hybridized carbons (Fsp3) is 0.476. The minimum Gasteiger partial charge on any atom is -0.448 e.